The van der Waals surface area contributed by atoms with E-state index in [4.69, 9.17) is 0 Å². The molecule has 0 radical (unpaired) electrons. The first-order valence-electron chi connectivity index (χ1n) is 11.2. The molecular formula is C24H26F3N5O. The summed E-state index contributed by atoms with van der Waals surface area (Å²) in [4.78, 5) is 21.5. The molecule has 5 rings (SSSR count). The number of rotatable bonds is 5. The van der Waals surface area contributed by atoms with Crippen LogP contribution in [0.1, 0.15) is 36.8 Å². The van der Waals surface area contributed by atoms with Crippen LogP contribution in [0.3, 0.4) is 0 Å². The summed E-state index contributed by atoms with van der Waals surface area (Å²) in [5.74, 6) is 0.198. The van der Waals surface area contributed by atoms with Gasteiger partial charge in [-0.15, -0.1) is 0 Å². The Kier molecular flexibility index (Phi) is 5.19. The van der Waals surface area contributed by atoms with E-state index >= 15 is 0 Å². The largest absolute Gasteiger partial charge is 0.396 e. The van der Waals surface area contributed by atoms with Crippen molar-refractivity contribution in [3.8, 4) is 11.3 Å². The molecule has 1 aromatic carbocycles. The number of hydrogen-bond donors (Lipinski definition) is 2. The number of imidazole rings is 1. The lowest BCUT2D eigenvalue weighted by Gasteiger charge is -2.30. The molecule has 33 heavy (non-hydrogen) atoms. The Labute approximate surface area is 189 Å². The highest BCUT2D eigenvalue weighted by molar-refractivity contribution is 5.87. The van der Waals surface area contributed by atoms with Gasteiger partial charge in [0.25, 0.3) is 0 Å². The van der Waals surface area contributed by atoms with E-state index in [-0.39, 0.29) is 30.4 Å². The number of nitrogens with zero attached hydrogens (tertiary/aromatic N) is 3. The van der Waals surface area contributed by atoms with Crippen LogP contribution in [0.25, 0.3) is 22.0 Å². The fourth-order valence-electron chi connectivity index (χ4n) is 4.75. The number of nitrogens with one attached hydrogen (secondary N) is 2. The fourth-order valence-corrected chi connectivity index (χ4v) is 4.75. The number of carbonyl (C=O) groups is 1. The molecule has 1 amide bonds. The number of hydrogen-bond acceptors (Lipinski definition) is 4. The number of aromatic nitrogens is 3. The molecule has 1 aliphatic carbocycles. The molecule has 1 aliphatic heterocycles. The molecule has 2 atom stereocenters. The van der Waals surface area contributed by atoms with Gasteiger partial charge in [-0.1, -0.05) is 12.1 Å². The van der Waals surface area contributed by atoms with Gasteiger partial charge < -0.3 is 15.2 Å². The highest BCUT2D eigenvalue weighted by Gasteiger charge is 2.68. The van der Waals surface area contributed by atoms with Crippen molar-refractivity contribution < 1.29 is 18.0 Å². The van der Waals surface area contributed by atoms with Gasteiger partial charge in [-0.2, -0.15) is 13.2 Å². The van der Waals surface area contributed by atoms with Crippen molar-refractivity contribution >= 4 is 16.7 Å². The van der Waals surface area contributed by atoms with Crippen LogP contribution in [0, 0.1) is 18.3 Å². The lowest BCUT2D eigenvalue weighted by molar-refractivity contribution is -0.197. The van der Waals surface area contributed by atoms with Crippen LogP contribution in [0.4, 0.5) is 13.2 Å². The number of benzene rings is 1. The second kappa shape index (κ2) is 7.83. The molecule has 174 valence electrons. The van der Waals surface area contributed by atoms with Crippen molar-refractivity contribution in [3.63, 3.8) is 0 Å². The smallest absolute Gasteiger partial charge is 0.347 e. The summed E-state index contributed by atoms with van der Waals surface area (Å²) in [6.07, 6.45) is -0.470. The number of halogens is 3. The normalized spacial score (nSPS) is 20.7. The number of pyridine rings is 1. The zero-order chi connectivity index (χ0) is 23.4. The maximum Gasteiger partial charge on any atom is 0.396 e. The van der Waals surface area contributed by atoms with Gasteiger partial charge in [-0.3, -0.25) is 9.78 Å². The maximum atomic E-state index is 14.1. The third kappa shape index (κ3) is 3.78. The van der Waals surface area contributed by atoms with E-state index in [9.17, 15) is 18.0 Å². The third-order valence-electron chi connectivity index (χ3n) is 7.18. The predicted molar refractivity (Wildman–Crippen MR) is 118 cm³/mol. The Balaban J connectivity index is 1.55. The summed E-state index contributed by atoms with van der Waals surface area (Å²) in [7, 11) is 1.92. The summed E-state index contributed by atoms with van der Waals surface area (Å²) in [5, 5.41) is 7.43. The first-order valence-corrected chi connectivity index (χ1v) is 11.2. The molecule has 2 aromatic heterocycles. The average Bonchev–Trinajstić information content (AvgIpc) is 3.29. The molecule has 0 bridgehead atoms. The van der Waals surface area contributed by atoms with Gasteiger partial charge >= 0.3 is 6.18 Å². The number of alkyl halides is 3. The third-order valence-corrected chi connectivity index (χ3v) is 7.18. The molecule has 2 fully saturated rings. The fraction of sp³-hybridized carbons (Fsp3) is 0.458. The molecule has 2 unspecified atom stereocenters. The molecule has 0 spiro atoms. The average molecular weight is 458 g/mol. The van der Waals surface area contributed by atoms with Crippen LogP contribution in [0.2, 0.25) is 0 Å². The summed E-state index contributed by atoms with van der Waals surface area (Å²) in [5.41, 5.74) is 0.110. The minimum absolute atomic E-state index is 0.0155. The Morgan fingerprint density at radius 1 is 1.21 bits per heavy atom. The van der Waals surface area contributed by atoms with E-state index in [1.54, 1.807) is 18.5 Å². The zero-order valence-corrected chi connectivity index (χ0v) is 18.5. The van der Waals surface area contributed by atoms with Gasteiger partial charge in [0.05, 0.1) is 35.0 Å². The van der Waals surface area contributed by atoms with Gasteiger partial charge in [-0.05, 0) is 50.2 Å². The van der Waals surface area contributed by atoms with Crippen LogP contribution in [0.15, 0.2) is 36.7 Å². The lowest BCUT2D eigenvalue weighted by atomic mass is 9.90. The summed E-state index contributed by atoms with van der Waals surface area (Å²) in [6.45, 7) is 3.08. The second-order valence-corrected chi connectivity index (χ2v) is 9.21. The number of fused-ring (bicyclic) bond motifs is 1. The molecule has 1 saturated carbocycles. The molecular weight excluding hydrogens is 431 g/mol. The van der Waals surface area contributed by atoms with Crippen molar-refractivity contribution in [1.29, 1.82) is 0 Å². The van der Waals surface area contributed by atoms with E-state index in [0.717, 1.165) is 27.9 Å². The van der Waals surface area contributed by atoms with Crippen LogP contribution in [-0.4, -0.2) is 39.7 Å². The molecule has 3 aromatic rings. The summed E-state index contributed by atoms with van der Waals surface area (Å²) in [6, 6.07) is 6.26. The Morgan fingerprint density at radius 2 is 2.00 bits per heavy atom. The number of carbonyl (C=O) groups excluding carboxylic acids is 1. The van der Waals surface area contributed by atoms with Gasteiger partial charge in [0.1, 0.15) is 5.82 Å². The minimum Gasteiger partial charge on any atom is -0.347 e. The van der Waals surface area contributed by atoms with E-state index in [2.05, 4.69) is 20.6 Å². The van der Waals surface area contributed by atoms with Crippen molar-refractivity contribution in [2.24, 2.45) is 18.4 Å². The predicted octanol–water partition coefficient (Wildman–Crippen LogP) is 4.05. The van der Waals surface area contributed by atoms with Crippen molar-refractivity contribution in [1.82, 2.24) is 25.2 Å². The molecule has 3 heterocycles. The molecule has 2 N–H and O–H groups in total. The SMILES string of the molecule is Cc1ncc(-c2ccc3cnc(C(NC(=O)C4CCNC4)C4(C(F)(F)F)CC4)cc3c2)n1C. The molecule has 9 heteroatoms. The van der Waals surface area contributed by atoms with Gasteiger partial charge in [-0.25, -0.2) is 4.98 Å². The molecule has 6 nitrogen and oxygen atoms in total. The van der Waals surface area contributed by atoms with Crippen molar-refractivity contribution in [2.45, 2.75) is 38.4 Å². The quantitative estimate of drug-likeness (QED) is 0.606. The van der Waals surface area contributed by atoms with E-state index in [1.807, 2.05) is 36.7 Å². The van der Waals surface area contributed by atoms with Gasteiger partial charge in [0, 0.05) is 30.7 Å². The van der Waals surface area contributed by atoms with Crippen LogP contribution in [0.5, 0.6) is 0 Å². The summed E-state index contributed by atoms with van der Waals surface area (Å²) < 4.78 is 44.3. The number of amides is 1. The Morgan fingerprint density at radius 3 is 2.61 bits per heavy atom. The number of aryl methyl sites for hydroxylation is 1. The minimum atomic E-state index is -4.43. The van der Waals surface area contributed by atoms with Crippen molar-refractivity contribution in [2.75, 3.05) is 13.1 Å². The van der Waals surface area contributed by atoms with Gasteiger partial charge in [0.15, 0.2) is 0 Å². The first-order chi connectivity index (χ1) is 15.7. The van der Waals surface area contributed by atoms with Crippen LogP contribution in [-0.2, 0) is 11.8 Å². The first kappa shape index (κ1) is 21.9. The van der Waals surface area contributed by atoms with E-state index in [1.165, 1.54) is 0 Å². The van der Waals surface area contributed by atoms with E-state index in [0.29, 0.717) is 19.5 Å². The second-order valence-electron chi connectivity index (χ2n) is 9.21. The molecule has 2 aliphatic rings. The van der Waals surface area contributed by atoms with Crippen LogP contribution < -0.4 is 10.6 Å². The monoisotopic (exact) mass is 457 g/mol. The topological polar surface area (TPSA) is 71.8 Å². The lowest BCUT2D eigenvalue weighted by Crippen LogP contribution is -2.44. The Hall–Kier alpha value is -2.94. The Bertz CT molecular complexity index is 1210. The standard InChI is InChI=1S/C24H26F3N5O/c1-14-29-13-20(32(14)2)15-3-4-16-12-30-19(10-18(16)9-15)21(23(6-7-23)24(25,26)27)31-22(33)17-5-8-28-11-17/h3-4,9-10,12-13,17,21,28H,5-8,11H2,1-2H3,(H,31,33). The maximum absolute atomic E-state index is 14.1. The highest BCUT2D eigenvalue weighted by Crippen LogP contribution is 2.64. The van der Waals surface area contributed by atoms with Crippen molar-refractivity contribution in [3.05, 3.63) is 48.2 Å². The zero-order valence-electron chi connectivity index (χ0n) is 18.5. The van der Waals surface area contributed by atoms with E-state index < -0.39 is 17.6 Å². The van der Waals surface area contributed by atoms with Gasteiger partial charge in [0.2, 0.25) is 5.91 Å². The van der Waals surface area contributed by atoms with Crippen LogP contribution >= 0.6 is 0 Å². The molecule has 1 saturated heterocycles. The highest BCUT2D eigenvalue weighted by atomic mass is 19.4. The summed E-state index contributed by atoms with van der Waals surface area (Å²) >= 11 is 0.